The fourth-order valence-corrected chi connectivity index (χ4v) is 3.14. The summed E-state index contributed by atoms with van der Waals surface area (Å²) in [7, 11) is 0. The predicted molar refractivity (Wildman–Crippen MR) is 60.4 cm³/mol. The van der Waals surface area contributed by atoms with Gasteiger partial charge >= 0.3 is 0 Å². The van der Waals surface area contributed by atoms with E-state index in [1.54, 1.807) is 4.90 Å². The molecule has 5 nitrogen and oxygen atoms in total. The molecule has 2 aliphatic rings. The van der Waals surface area contributed by atoms with Gasteiger partial charge in [-0.25, -0.2) is 0 Å². The number of thiophene rings is 1. The molecule has 0 unspecified atom stereocenters. The molecule has 0 saturated carbocycles. The average Bonchev–Trinajstić information content (AvgIpc) is 2.80. The van der Waals surface area contributed by atoms with Crippen LogP contribution in [0.4, 0.5) is 0 Å². The van der Waals surface area contributed by atoms with E-state index in [4.69, 9.17) is 0 Å². The molecular weight excluding hydrogens is 240 g/mol. The number of hydrogen-bond acceptors (Lipinski definition) is 4. The molecule has 2 aliphatic heterocycles. The zero-order valence-electron chi connectivity index (χ0n) is 8.93. The third kappa shape index (κ3) is 1.64. The number of imide groups is 1. The van der Waals surface area contributed by atoms with E-state index in [-0.39, 0.29) is 36.6 Å². The number of amides is 3. The minimum absolute atomic E-state index is 0.0613. The first-order chi connectivity index (χ1) is 8.15. The fourth-order valence-electron chi connectivity index (χ4n) is 2.32. The lowest BCUT2D eigenvalue weighted by Crippen LogP contribution is -2.48. The van der Waals surface area contributed by atoms with Crippen LogP contribution in [0.15, 0.2) is 10.8 Å². The van der Waals surface area contributed by atoms with Crippen molar-refractivity contribution >= 4 is 29.1 Å². The molecule has 0 aromatic carbocycles. The monoisotopic (exact) mass is 250 g/mol. The van der Waals surface area contributed by atoms with Crippen LogP contribution in [0.5, 0.6) is 0 Å². The van der Waals surface area contributed by atoms with Gasteiger partial charge < -0.3 is 4.90 Å². The molecule has 0 aliphatic carbocycles. The summed E-state index contributed by atoms with van der Waals surface area (Å²) in [4.78, 5) is 36.3. The van der Waals surface area contributed by atoms with Gasteiger partial charge in [0, 0.05) is 30.8 Å². The number of carbonyl (C=O) groups is 3. The maximum absolute atomic E-state index is 12.1. The minimum atomic E-state index is -0.298. The molecule has 0 radical (unpaired) electrons. The molecule has 0 spiro atoms. The lowest BCUT2D eigenvalue weighted by Gasteiger charge is -2.29. The topological polar surface area (TPSA) is 66.5 Å². The van der Waals surface area contributed by atoms with Crippen molar-refractivity contribution in [2.24, 2.45) is 0 Å². The van der Waals surface area contributed by atoms with Crippen molar-refractivity contribution < 1.29 is 14.4 Å². The lowest BCUT2D eigenvalue weighted by molar-refractivity contribution is -0.135. The van der Waals surface area contributed by atoms with E-state index in [2.05, 4.69) is 5.32 Å². The largest absolute Gasteiger partial charge is 0.330 e. The Bertz CT molecular complexity index is 507. The molecule has 17 heavy (non-hydrogen) atoms. The summed E-state index contributed by atoms with van der Waals surface area (Å²) in [6, 6.07) is -0.291. The van der Waals surface area contributed by atoms with E-state index in [1.165, 1.54) is 11.3 Å². The van der Waals surface area contributed by atoms with E-state index < -0.39 is 0 Å². The Morgan fingerprint density at radius 3 is 2.53 bits per heavy atom. The summed E-state index contributed by atoms with van der Waals surface area (Å²) in [5.74, 6) is -0.657. The van der Waals surface area contributed by atoms with Crippen LogP contribution >= 0.6 is 11.3 Å². The molecular formula is C11H10N2O3S. The highest BCUT2D eigenvalue weighted by atomic mass is 32.1. The van der Waals surface area contributed by atoms with Gasteiger partial charge in [0.25, 0.3) is 5.91 Å². The van der Waals surface area contributed by atoms with Crippen LogP contribution in [0.1, 0.15) is 28.8 Å². The molecule has 1 saturated heterocycles. The van der Waals surface area contributed by atoms with Crippen molar-refractivity contribution in [2.45, 2.75) is 25.4 Å². The second-order valence-electron chi connectivity index (χ2n) is 4.28. The summed E-state index contributed by atoms with van der Waals surface area (Å²) in [6.45, 7) is 0.517. The molecule has 3 rings (SSSR count). The van der Waals surface area contributed by atoms with Crippen LogP contribution in [0, 0.1) is 0 Å². The highest BCUT2D eigenvalue weighted by Crippen LogP contribution is 2.30. The molecule has 1 aromatic heterocycles. The van der Waals surface area contributed by atoms with E-state index in [9.17, 15) is 14.4 Å². The predicted octanol–water partition coefficient (Wildman–Crippen LogP) is 0.509. The summed E-state index contributed by atoms with van der Waals surface area (Å²) < 4.78 is 0. The van der Waals surface area contributed by atoms with Gasteiger partial charge in [-0.2, -0.15) is 11.3 Å². The first-order valence-corrected chi connectivity index (χ1v) is 6.28. The van der Waals surface area contributed by atoms with Crippen LogP contribution in [-0.4, -0.2) is 28.7 Å². The number of fused-ring (bicyclic) bond motifs is 1. The number of hydrogen-bond donors (Lipinski definition) is 1. The average molecular weight is 250 g/mol. The molecule has 88 valence electrons. The normalized spacial score (nSPS) is 20.7. The van der Waals surface area contributed by atoms with E-state index >= 15 is 0 Å². The fraction of sp³-hybridized carbons (Fsp3) is 0.364. The van der Waals surface area contributed by atoms with Crippen molar-refractivity contribution in [3.8, 4) is 0 Å². The Labute approximate surface area is 101 Å². The zero-order valence-corrected chi connectivity index (χ0v) is 9.75. The van der Waals surface area contributed by atoms with Gasteiger partial charge in [0.05, 0.1) is 5.56 Å². The summed E-state index contributed by atoms with van der Waals surface area (Å²) >= 11 is 1.50. The molecule has 1 aromatic rings. The second-order valence-corrected chi connectivity index (χ2v) is 5.02. The molecule has 3 heterocycles. The molecule has 0 bridgehead atoms. The van der Waals surface area contributed by atoms with E-state index in [1.807, 2.05) is 10.8 Å². The van der Waals surface area contributed by atoms with Crippen LogP contribution in [0.3, 0.4) is 0 Å². The second kappa shape index (κ2) is 3.66. The van der Waals surface area contributed by atoms with Crippen molar-refractivity contribution in [3.63, 3.8) is 0 Å². The highest BCUT2D eigenvalue weighted by Gasteiger charge is 2.37. The van der Waals surface area contributed by atoms with Crippen molar-refractivity contribution in [1.29, 1.82) is 0 Å². The van der Waals surface area contributed by atoms with Gasteiger partial charge in [0.1, 0.15) is 0 Å². The molecule has 0 atom stereocenters. The SMILES string of the molecule is O=C1CC(N2Cc3cscc3C2=O)CC(=O)N1. The van der Waals surface area contributed by atoms with E-state index in [0.29, 0.717) is 12.1 Å². The van der Waals surface area contributed by atoms with Crippen LogP contribution in [-0.2, 0) is 16.1 Å². The summed E-state index contributed by atoms with van der Waals surface area (Å²) in [5, 5.41) is 6.01. The van der Waals surface area contributed by atoms with Crippen LogP contribution < -0.4 is 5.32 Å². The van der Waals surface area contributed by atoms with Crippen molar-refractivity contribution in [3.05, 3.63) is 21.9 Å². The number of rotatable bonds is 1. The number of carbonyl (C=O) groups excluding carboxylic acids is 3. The molecule has 1 fully saturated rings. The van der Waals surface area contributed by atoms with Crippen LogP contribution in [0.25, 0.3) is 0 Å². The minimum Gasteiger partial charge on any atom is -0.330 e. The maximum atomic E-state index is 12.1. The Morgan fingerprint density at radius 1 is 1.18 bits per heavy atom. The van der Waals surface area contributed by atoms with Crippen molar-refractivity contribution in [2.75, 3.05) is 0 Å². The van der Waals surface area contributed by atoms with Gasteiger partial charge in [-0.15, -0.1) is 0 Å². The molecule has 6 heteroatoms. The first-order valence-electron chi connectivity index (χ1n) is 5.34. The van der Waals surface area contributed by atoms with Gasteiger partial charge in [0.15, 0.2) is 0 Å². The number of nitrogens with zero attached hydrogens (tertiary/aromatic N) is 1. The standard InChI is InChI=1S/C11H10N2O3S/c14-9-1-7(2-10(15)12-9)13-3-6-4-17-5-8(6)11(13)16/h4-5,7H,1-3H2,(H,12,14,15). The molecule has 3 amide bonds. The molecule has 1 N–H and O–H groups in total. The van der Waals surface area contributed by atoms with Gasteiger partial charge in [-0.05, 0) is 10.9 Å². The third-order valence-electron chi connectivity index (χ3n) is 3.14. The number of piperidine rings is 1. The zero-order chi connectivity index (χ0) is 12.0. The quantitative estimate of drug-likeness (QED) is 0.738. The highest BCUT2D eigenvalue weighted by molar-refractivity contribution is 7.08. The van der Waals surface area contributed by atoms with E-state index in [0.717, 1.165) is 5.56 Å². The Kier molecular flexibility index (Phi) is 2.25. The van der Waals surface area contributed by atoms with Crippen LogP contribution in [0.2, 0.25) is 0 Å². The summed E-state index contributed by atoms with van der Waals surface area (Å²) in [5.41, 5.74) is 1.71. The van der Waals surface area contributed by atoms with Gasteiger partial charge in [0.2, 0.25) is 11.8 Å². The van der Waals surface area contributed by atoms with Gasteiger partial charge in [-0.1, -0.05) is 0 Å². The first kappa shape index (κ1) is 10.5. The Hall–Kier alpha value is -1.69. The smallest absolute Gasteiger partial charge is 0.255 e. The Balaban J connectivity index is 1.83. The summed E-state index contributed by atoms with van der Waals surface area (Å²) in [6.07, 6.45) is 0.427. The number of nitrogens with one attached hydrogen (secondary N) is 1. The van der Waals surface area contributed by atoms with Gasteiger partial charge in [-0.3, -0.25) is 19.7 Å². The third-order valence-corrected chi connectivity index (χ3v) is 3.93. The Morgan fingerprint density at radius 2 is 1.88 bits per heavy atom. The maximum Gasteiger partial charge on any atom is 0.255 e. The lowest BCUT2D eigenvalue weighted by atomic mass is 10.0. The van der Waals surface area contributed by atoms with Crippen molar-refractivity contribution in [1.82, 2.24) is 10.2 Å².